The second kappa shape index (κ2) is 7.24. The number of hydrogen-bond acceptors (Lipinski definition) is 4. The maximum Gasteiger partial charge on any atom is 0.117 e. The van der Waals surface area contributed by atoms with E-state index in [4.69, 9.17) is 5.73 Å². The summed E-state index contributed by atoms with van der Waals surface area (Å²) in [5.74, 6) is 0. The van der Waals surface area contributed by atoms with Crippen molar-refractivity contribution in [1.29, 1.82) is 0 Å². The fraction of sp³-hybridized carbons (Fsp3) is 0.429. The number of aryl methyl sites for hydroxylation is 3. The molecule has 0 atom stereocenters. The van der Waals surface area contributed by atoms with Crippen LogP contribution in [-0.4, -0.2) is 16.7 Å². The molecule has 1 aromatic heterocycles. The van der Waals surface area contributed by atoms with E-state index in [1.165, 1.54) is 5.56 Å². The molecule has 4 heteroatoms. The molecule has 0 unspecified atom stereocenters. The Balaban J connectivity index is 1.75. The van der Waals surface area contributed by atoms with Gasteiger partial charge in [-0.05, 0) is 31.4 Å². The fourth-order valence-corrected chi connectivity index (χ4v) is 2.76. The summed E-state index contributed by atoms with van der Waals surface area (Å²) in [7, 11) is 0. The topological polar surface area (TPSA) is 51.8 Å². The van der Waals surface area contributed by atoms with Crippen molar-refractivity contribution in [2.24, 2.45) is 5.73 Å². The Hall–Kier alpha value is -1.26. The predicted molar refractivity (Wildman–Crippen MR) is 75.8 cm³/mol. The van der Waals surface area contributed by atoms with Gasteiger partial charge in [0, 0.05) is 12.8 Å². The highest BCUT2D eigenvalue weighted by Gasteiger charge is 2.03. The van der Waals surface area contributed by atoms with Gasteiger partial charge in [-0.3, -0.25) is 0 Å². The number of hydrogen-bond donors (Lipinski definition) is 1. The van der Waals surface area contributed by atoms with Crippen molar-refractivity contribution >= 4 is 11.3 Å². The zero-order chi connectivity index (χ0) is 12.6. The molecule has 2 rings (SSSR count). The highest BCUT2D eigenvalue weighted by molar-refractivity contribution is 7.11. The Morgan fingerprint density at radius 2 is 1.56 bits per heavy atom. The average Bonchev–Trinajstić information content (AvgIpc) is 2.85. The van der Waals surface area contributed by atoms with E-state index >= 15 is 0 Å². The van der Waals surface area contributed by atoms with Crippen LogP contribution in [0, 0.1) is 0 Å². The van der Waals surface area contributed by atoms with Crippen molar-refractivity contribution in [3.8, 4) is 0 Å². The van der Waals surface area contributed by atoms with Gasteiger partial charge in [0.1, 0.15) is 10.0 Å². The Labute approximate surface area is 112 Å². The van der Waals surface area contributed by atoms with Crippen LogP contribution < -0.4 is 5.73 Å². The van der Waals surface area contributed by atoms with Gasteiger partial charge in [-0.25, -0.2) is 0 Å². The molecular formula is C14H19N3S. The van der Waals surface area contributed by atoms with Crippen LogP contribution in [0.2, 0.25) is 0 Å². The summed E-state index contributed by atoms with van der Waals surface area (Å²) in [4.78, 5) is 0. The minimum absolute atomic E-state index is 0.725. The van der Waals surface area contributed by atoms with Gasteiger partial charge in [-0.2, -0.15) is 0 Å². The lowest BCUT2D eigenvalue weighted by Crippen LogP contribution is -1.99. The molecule has 18 heavy (non-hydrogen) atoms. The third kappa shape index (κ3) is 4.20. The molecule has 0 aliphatic heterocycles. The maximum absolute atomic E-state index is 5.48. The number of rotatable bonds is 7. The molecule has 2 N–H and O–H groups in total. The van der Waals surface area contributed by atoms with Gasteiger partial charge in [0.2, 0.25) is 0 Å². The summed E-state index contributed by atoms with van der Waals surface area (Å²) in [5.41, 5.74) is 6.88. The van der Waals surface area contributed by atoms with Crippen LogP contribution in [-0.2, 0) is 19.3 Å². The first-order valence-corrected chi connectivity index (χ1v) is 7.25. The summed E-state index contributed by atoms with van der Waals surface area (Å²) in [6.45, 7) is 0.725. The first-order valence-electron chi connectivity index (χ1n) is 6.44. The van der Waals surface area contributed by atoms with E-state index in [0.29, 0.717) is 0 Å². The molecule has 96 valence electrons. The lowest BCUT2D eigenvalue weighted by Gasteiger charge is -1.98. The first-order chi connectivity index (χ1) is 8.88. The van der Waals surface area contributed by atoms with Crippen LogP contribution in [0.1, 0.15) is 28.4 Å². The summed E-state index contributed by atoms with van der Waals surface area (Å²) >= 11 is 1.73. The quantitative estimate of drug-likeness (QED) is 0.833. The highest BCUT2D eigenvalue weighted by Crippen LogP contribution is 2.14. The lowest BCUT2D eigenvalue weighted by atomic mass is 10.1. The lowest BCUT2D eigenvalue weighted by molar-refractivity contribution is 0.786. The Morgan fingerprint density at radius 3 is 2.22 bits per heavy atom. The van der Waals surface area contributed by atoms with E-state index in [-0.39, 0.29) is 0 Å². The van der Waals surface area contributed by atoms with Gasteiger partial charge in [-0.15, -0.1) is 21.5 Å². The number of aromatic nitrogens is 2. The van der Waals surface area contributed by atoms with Gasteiger partial charge in [0.15, 0.2) is 0 Å². The van der Waals surface area contributed by atoms with E-state index in [2.05, 4.69) is 40.5 Å². The maximum atomic E-state index is 5.48. The molecular weight excluding hydrogens is 242 g/mol. The van der Waals surface area contributed by atoms with Gasteiger partial charge in [0.05, 0.1) is 0 Å². The minimum atomic E-state index is 0.725. The van der Waals surface area contributed by atoms with E-state index in [9.17, 15) is 0 Å². The van der Waals surface area contributed by atoms with Crippen LogP contribution in [0.3, 0.4) is 0 Å². The standard InChI is InChI=1S/C14H19N3S/c15-11-5-10-14-17-16-13(18-14)9-4-8-12-6-2-1-3-7-12/h1-3,6-7H,4-5,8-11,15H2. The number of benzene rings is 1. The fourth-order valence-electron chi connectivity index (χ4n) is 1.83. The molecule has 0 aliphatic carbocycles. The van der Waals surface area contributed by atoms with Gasteiger partial charge in [-0.1, -0.05) is 30.3 Å². The molecule has 1 aromatic carbocycles. The Kier molecular flexibility index (Phi) is 5.30. The van der Waals surface area contributed by atoms with Crippen molar-refractivity contribution in [2.75, 3.05) is 6.54 Å². The molecule has 0 amide bonds. The van der Waals surface area contributed by atoms with Crippen LogP contribution in [0.25, 0.3) is 0 Å². The van der Waals surface area contributed by atoms with Crippen molar-refractivity contribution < 1.29 is 0 Å². The average molecular weight is 261 g/mol. The molecule has 3 nitrogen and oxygen atoms in total. The van der Waals surface area contributed by atoms with Gasteiger partial charge < -0.3 is 5.73 Å². The zero-order valence-corrected chi connectivity index (χ0v) is 11.3. The molecule has 2 aromatic rings. The van der Waals surface area contributed by atoms with Crippen molar-refractivity contribution in [2.45, 2.75) is 32.1 Å². The van der Waals surface area contributed by atoms with E-state index < -0.39 is 0 Å². The first kappa shape index (κ1) is 13.2. The molecule has 0 spiro atoms. The van der Waals surface area contributed by atoms with Crippen molar-refractivity contribution in [3.05, 3.63) is 45.9 Å². The van der Waals surface area contributed by atoms with E-state index in [1.807, 2.05) is 0 Å². The molecule has 0 fully saturated rings. The summed E-state index contributed by atoms with van der Waals surface area (Å²) in [6, 6.07) is 10.6. The van der Waals surface area contributed by atoms with Crippen molar-refractivity contribution in [1.82, 2.24) is 10.2 Å². The summed E-state index contributed by atoms with van der Waals surface area (Å²) in [6.07, 6.45) is 5.23. The van der Waals surface area contributed by atoms with E-state index in [0.717, 1.165) is 48.7 Å². The largest absolute Gasteiger partial charge is 0.330 e. The predicted octanol–water partition coefficient (Wildman–Crippen LogP) is 2.60. The monoisotopic (exact) mass is 261 g/mol. The van der Waals surface area contributed by atoms with E-state index in [1.54, 1.807) is 11.3 Å². The third-order valence-corrected chi connectivity index (χ3v) is 3.85. The number of nitrogens with zero attached hydrogens (tertiary/aromatic N) is 2. The number of nitrogens with two attached hydrogens (primary N) is 1. The normalized spacial score (nSPS) is 10.7. The van der Waals surface area contributed by atoms with Crippen LogP contribution >= 0.6 is 11.3 Å². The van der Waals surface area contributed by atoms with Crippen LogP contribution in [0.4, 0.5) is 0 Å². The molecule has 0 saturated carbocycles. The summed E-state index contributed by atoms with van der Waals surface area (Å²) in [5, 5.41) is 10.7. The third-order valence-electron chi connectivity index (χ3n) is 2.80. The highest BCUT2D eigenvalue weighted by atomic mass is 32.1. The molecule has 0 radical (unpaired) electrons. The van der Waals surface area contributed by atoms with Crippen LogP contribution in [0.15, 0.2) is 30.3 Å². The Morgan fingerprint density at radius 1 is 0.889 bits per heavy atom. The minimum Gasteiger partial charge on any atom is -0.330 e. The molecule has 0 aliphatic rings. The molecule has 1 heterocycles. The Bertz CT molecular complexity index is 453. The zero-order valence-electron chi connectivity index (χ0n) is 10.5. The second-order valence-corrected chi connectivity index (χ2v) is 5.47. The summed E-state index contributed by atoms with van der Waals surface area (Å²) < 4.78 is 0. The van der Waals surface area contributed by atoms with Gasteiger partial charge in [0.25, 0.3) is 0 Å². The van der Waals surface area contributed by atoms with Crippen LogP contribution in [0.5, 0.6) is 0 Å². The smallest absolute Gasteiger partial charge is 0.117 e. The molecule has 0 saturated heterocycles. The second-order valence-electron chi connectivity index (χ2n) is 4.32. The van der Waals surface area contributed by atoms with Crippen molar-refractivity contribution in [3.63, 3.8) is 0 Å². The molecule has 0 bridgehead atoms. The van der Waals surface area contributed by atoms with Gasteiger partial charge >= 0.3 is 0 Å². The SMILES string of the molecule is NCCCc1nnc(CCCc2ccccc2)s1.